The molecule has 1 amide bonds. The average molecular weight is 573 g/mol. The Bertz CT molecular complexity index is 1520. The van der Waals surface area contributed by atoms with Crippen molar-refractivity contribution in [1.29, 1.82) is 0 Å². The molecule has 1 aliphatic rings. The highest BCUT2D eigenvalue weighted by Crippen LogP contribution is 2.36. The van der Waals surface area contributed by atoms with Crippen molar-refractivity contribution in [2.24, 2.45) is 0 Å². The van der Waals surface area contributed by atoms with E-state index in [0.717, 1.165) is 55.1 Å². The molecule has 7 nitrogen and oxygen atoms in total. The summed E-state index contributed by atoms with van der Waals surface area (Å²) >= 11 is 6.32. The van der Waals surface area contributed by atoms with Crippen LogP contribution in [0, 0.1) is 20.8 Å². The summed E-state index contributed by atoms with van der Waals surface area (Å²) in [5, 5.41) is 3.56. The van der Waals surface area contributed by atoms with Crippen LogP contribution in [0.4, 0.5) is 5.69 Å². The summed E-state index contributed by atoms with van der Waals surface area (Å²) in [5.74, 6) is 2.57. The number of anilines is 1. The van der Waals surface area contributed by atoms with Crippen molar-refractivity contribution in [3.8, 4) is 23.1 Å². The van der Waals surface area contributed by atoms with Gasteiger partial charge in [0.25, 0.3) is 0 Å². The van der Waals surface area contributed by atoms with Crippen LogP contribution in [-0.2, 0) is 11.3 Å². The number of amides is 1. The quantitative estimate of drug-likeness (QED) is 0.273. The fraction of sp³-hybridized carbons (Fsp3) is 0.333. The van der Waals surface area contributed by atoms with E-state index in [1.807, 2.05) is 49.4 Å². The maximum Gasteiger partial charge on any atom is 0.238 e. The predicted octanol–water partition coefficient (Wildman–Crippen LogP) is 7.64. The number of aryl methyl sites for hydroxylation is 2. The Balaban J connectivity index is 1.39. The molecule has 1 aliphatic heterocycles. The molecule has 0 atom stereocenters. The highest BCUT2D eigenvalue weighted by Gasteiger charge is 2.19. The van der Waals surface area contributed by atoms with Gasteiger partial charge in [-0.3, -0.25) is 9.69 Å². The van der Waals surface area contributed by atoms with Crippen LogP contribution < -0.4 is 14.8 Å². The number of carbonyl (C=O) groups is 1. The minimum Gasteiger partial charge on any atom is -0.490 e. The molecule has 1 N–H and O–H groups in total. The molecule has 8 heteroatoms. The molecule has 0 fully saturated rings. The second-order valence-corrected chi connectivity index (χ2v) is 11.0. The van der Waals surface area contributed by atoms with E-state index in [9.17, 15) is 4.79 Å². The van der Waals surface area contributed by atoms with Gasteiger partial charge >= 0.3 is 0 Å². The fourth-order valence-corrected chi connectivity index (χ4v) is 5.45. The maximum atomic E-state index is 13.4. The van der Waals surface area contributed by atoms with Gasteiger partial charge in [0.05, 0.1) is 18.8 Å². The van der Waals surface area contributed by atoms with Crippen molar-refractivity contribution in [2.45, 2.75) is 53.0 Å². The minimum atomic E-state index is -0.122. The number of ether oxygens (including phenoxy) is 2. The van der Waals surface area contributed by atoms with E-state index in [1.165, 1.54) is 5.56 Å². The molecular formula is C33H37ClN4O3. The highest BCUT2D eigenvalue weighted by atomic mass is 35.5. The number of carbonyl (C=O) groups excluding carboxylic acids is 1. The molecule has 0 radical (unpaired) electrons. The summed E-state index contributed by atoms with van der Waals surface area (Å²) in [4.78, 5) is 20.4. The molecule has 2 aromatic heterocycles. The molecule has 0 aliphatic carbocycles. The average Bonchev–Trinajstić information content (AvgIpc) is 3.21. The van der Waals surface area contributed by atoms with Gasteiger partial charge in [0, 0.05) is 28.6 Å². The summed E-state index contributed by atoms with van der Waals surface area (Å²) in [5.41, 5.74) is 4.94. The Labute approximate surface area is 247 Å². The number of benzene rings is 2. The van der Waals surface area contributed by atoms with Gasteiger partial charge in [-0.2, -0.15) is 0 Å². The summed E-state index contributed by atoms with van der Waals surface area (Å²) in [6.07, 6.45) is 4.06. The molecule has 41 heavy (non-hydrogen) atoms. The second-order valence-electron chi connectivity index (χ2n) is 10.6. The standard InChI is InChI=1S/C33H37ClN4O3/c1-23-11-10-14-32(35-23)38-24(2)19-26(25(38)3)21-37-17-8-4-5-9-18-40-30-12-6-7-13-31(30)41-29-16-15-27(34)20-28(29)36-33(39)22-37/h6-7,10-16,19-20H,4-5,8-9,17-18,21-22H2,1-3H3,(H,36,39). The van der Waals surface area contributed by atoms with Gasteiger partial charge in [-0.25, -0.2) is 4.98 Å². The van der Waals surface area contributed by atoms with Crippen molar-refractivity contribution in [3.63, 3.8) is 0 Å². The van der Waals surface area contributed by atoms with E-state index in [1.54, 1.807) is 18.2 Å². The normalized spacial score (nSPS) is 15.3. The molecule has 0 saturated heterocycles. The van der Waals surface area contributed by atoms with Crippen molar-refractivity contribution < 1.29 is 14.3 Å². The Hall–Kier alpha value is -3.81. The van der Waals surface area contributed by atoms with Crippen LogP contribution in [0.2, 0.25) is 5.02 Å². The first-order valence-electron chi connectivity index (χ1n) is 14.2. The number of halogens is 1. The van der Waals surface area contributed by atoms with Gasteiger partial charge < -0.3 is 19.4 Å². The molecule has 4 aromatic rings. The minimum absolute atomic E-state index is 0.122. The number of rotatable bonds is 3. The number of hydrogen-bond acceptors (Lipinski definition) is 5. The SMILES string of the molecule is Cc1cccc(-n2c(C)cc(CN3CCCCCCOc4ccccc4Oc4ccc(Cl)cc4NC(=O)C3)c2C)n1. The largest absolute Gasteiger partial charge is 0.490 e. The number of aromatic nitrogens is 2. The molecule has 0 bridgehead atoms. The molecular weight excluding hydrogens is 536 g/mol. The third-order valence-corrected chi connectivity index (χ3v) is 7.55. The zero-order valence-corrected chi connectivity index (χ0v) is 24.7. The van der Waals surface area contributed by atoms with Crippen molar-refractivity contribution in [3.05, 3.63) is 94.4 Å². The first kappa shape index (κ1) is 28.7. The molecule has 3 heterocycles. The highest BCUT2D eigenvalue weighted by molar-refractivity contribution is 6.31. The van der Waals surface area contributed by atoms with Gasteiger partial charge in [0.15, 0.2) is 17.2 Å². The summed E-state index contributed by atoms with van der Waals surface area (Å²) in [6.45, 7) is 8.56. The fourth-order valence-electron chi connectivity index (χ4n) is 5.28. The van der Waals surface area contributed by atoms with E-state index < -0.39 is 0 Å². The molecule has 0 saturated carbocycles. The third kappa shape index (κ3) is 7.29. The number of nitrogens with zero attached hydrogens (tertiary/aromatic N) is 3. The third-order valence-electron chi connectivity index (χ3n) is 7.31. The van der Waals surface area contributed by atoms with Crippen LogP contribution >= 0.6 is 11.6 Å². The lowest BCUT2D eigenvalue weighted by Gasteiger charge is -2.23. The Morgan fingerprint density at radius 3 is 2.54 bits per heavy atom. The number of fused-ring (bicyclic) bond motifs is 2. The van der Waals surface area contributed by atoms with E-state index in [2.05, 4.69) is 34.7 Å². The zero-order valence-electron chi connectivity index (χ0n) is 24.0. The van der Waals surface area contributed by atoms with E-state index >= 15 is 0 Å². The van der Waals surface area contributed by atoms with Gasteiger partial charge in [0.2, 0.25) is 5.91 Å². The smallest absolute Gasteiger partial charge is 0.238 e. The predicted molar refractivity (Wildman–Crippen MR) is 164 cm³/mol. The van der Waals surface area contributed by atoms with Crippen molar-refractivity contribution >= 4 is 23.2 Å². The Morgan fingerprint density at radius 1 is 0.902 bits per heavy atom. The molecule has 5 rings (SSSR count). The van der Waals surface area contributed by atoms with Crippen LogP contribution in [0.25, 0.3) is 5.82 Å². The van der Waals surface area contributed by atoms with Gasteiger partial charge in [-0.1, -0.05) is 42.6 Å². The first-order valence-corrected chi connectivity index (χ1v) is 14.6. The first-order chi connectivity index (χ1) is 19.9. The van der Waals surface area contributed by atoms with Gasteiger partial charge in [-0.15, -0.1) is 0 Å². The van der Waals surface area contributed by atoms with Gasteiger partial charge in [0.1, 0.15) is 5.82 Å². The maximum absolute atomic E-state index is 13.4. The number of para-hydroxylation sites is 2. The van der Waals surface area contributed by atoms with E-state index in [-0.39, 0.29) is 12.5 Å². The summed E-state index contributed by atoms with van der Waals surface area (Å²) in [7, 11) is 0. The van der Waals surface area contributed by atoms with Crippen LogP contribution in [-0.4, -0.2) is 40.1 Å². The second kappa shape index (κ2) is 13.2. The van der Waals surface area contributed by atoms with Crippen molar-refractivity contribution in [2.75, 3.05) is 25.0 Å². The summed E-state index contributed by atoms with van der Waals surface area (Å²) in [6, 6.07) is 21.1. The van der Waals surface area contributed by atoms with Crippen LogP contribution in [0.5, 0.6) is 17.2 Å². The lowest BCUT2D eigenvalue weighted by atomic mass is 10.1. The topological polar surface area (TPSA) is 68.6 Å². The van der Waals surface area contributed by atoms with Crippen molar-refractivity contribution in [1.82, 2.24) is 14.5 Å². The zero-order chi connectivity index (χ0) is 28.8. The van der Waals surface area contributed by atoms with E-state index in [4.69, 9.17) is 26.1 Å². The van der Waals surface area contributed by atoms with Crippen LogP contribution in [0.15, 0.2) is 66.7 Å². The Morgan fingerprint density at radius 2 is 1.71 bits per heavy atom. The van der Waals surface area contributed by atoms with Crippen LogP contribution in [0.1, 0.15) is 48.3 Å². The van der Waals surface area contributed by atoms with Gasteiger partial charge in [-0.05, 0) is 94.3 Å². The number of pyridine rings is 1. The lowest BCUT2D eigenvalue weighted by molar-refractivity contribution is -0.117. The Kier molecular flexibility index (Phi) is 9.27. The molecule has 0 spiro atoms. The monoisotopic (exact) mass is 572 g/mol. The number of nitrogens with one attached hydrogen (secondary N) is 1. The van der Waals surface area contributed by atoms with E-state index in [0.29, 0.717) is 41.1 Å². The molecule has 0 unspecified atom stereocenters. The summed E-state index contributed by atoms with van der Waals surface area (Å²) < 4.78 is 14.5. The molecule has 214 valence electrons. The lowest BCUT2D eigenvalue weighted by Crippen LogP contribution is -2.34. The molecule has 2 aromatic carbocycles. The number of hydrogen-bond donors (Lipinski definition) is 1. The van der Waals surface area contributed by atoms with Crippen LogP contribution in [0.3, 0.4) is 0 Å².